The Kier molecular flexibility index (Phi) is 10.9. The first-order valence-corrected chi connectivity index (χ1v) is 11.1. The van der Waals surface area contributed by atoms with Crippen molar-refractivity contribution < 1.29 is 28.2 Å². The van der Waals surface area contributed by atoms with Crippen LogP contribution in [0.5, 0.6) is 11.5 Å². The highest BCUT2D eigenvalue weighted by molar-refractivity contribution is 5.81. The molecule has 1 unspecified atom stereocenters. The molecule has 0 spiro atoms. The van der Waals surface area contributed by atoms with Gasteiger partial charge in [-0.15, -0.1) is 0 Å². The van der Waals surface area contributed by atoms with Crippen LogP contribution in [0.3, 0.4) is 0 Å². The number of hydrogen-bond acceptors (Lipinski definition) is 4. The second kappa shape index (κ2) is 13.7. The van der Waals surface area contributed by atoms with E-state index in [1.807, 2.05) is 6.07 Å². The van der Waals surface area contributed by atoms with E-state index in [1.165, 1.54) is 13.2 Å². The van der Waals surface area contributed by atoms with Crippen molar-refractivity contribution in [1.82, 2.24) is 5.32 Å². The summed E-state index contributed by atoms with van der Waals surface area (Å²) in [5.41, 5.74) is 1.09. The van der Waals surface area contributed by atoms with Gasteiger partial charge < -0.3 is 19.9 Å². The number of hydrogen-bond donors (Lipinski definition) is 2. The van der Waals surface area contributed by atoms with Gasteiger partial charge in [-0.05, 0) is 43.0 Å². The molecule has 2 rings (SSSR count). The largest absolute Gasteiger partial charge is 0.493 e. The standard InChI is InChI=1S/C25H33F2NO4/c1-3-4-5-6-7-8-23(25(30)28-17-19-10-11-20(26)16-21(19)27)32-22-12-9-18(13-14-29)15-24(22)31-2/h9-12,15-16,23,29H,3-8,13-14,17H2,1-2H3,(H,28,30). The maximum atomic E-state index is 13.9. The lowest BCUT2D eigenvalue weighted by molar-refractivity contribution is -0.128. The van der Waals surface area contributed by atoms with Crippen molar-refractivity contribution in [3.8, 4) is 11.5 Å². The average Bonchev–Trinajstić information content (AvgIpc) is 2.78. The van der Waals surface area contributed by atoms with Crippen LogP contribution in [0, 0.1) is 11.6 Å². The molecule has 176 valence electrons. The molecule has 1 atom stereocenters. The first-order chi connectivity index (χ1) is 15.5. The van der Waals surface area contributed by atoms with E-state index in [2.05, 4.69) is 12.2 Å². The van der Waals surface area contributed by atoms with E-state index in [1.54, 1.807) is 12.1 Å². The van der Waals surface area contributed by atoms with E-state index < -0.39 is 17.7 Å². The normalized spacial score (nSPS) is 11.8. The van der Waals surface area contributed by atoms with Crippen LogP contribution in [0.15, 0.2) is 36.4 Å². The minimum atomic E-state index is -0.780. The summed E-state index contributed by atoms with van der Waals surface area (Å²) < 4.78 is 38.5. The zero-order chi connectivity index (χ0) is 23.3. The Bertz CT molecular complexity index is 860. The predicted octanol–water partition coefficient (Wildman–Crippen LogP) is 4.93. The average molecular weight is 450 g/mol. The highest BCUT2D eigenvalue weighted by Crippen LogP contribution is 2.30. The van der Waals surface area contributed by atoms with E-state index >= 15 is 0 Å². The van der Waals surface area contributed by atoms with Crippen molar-refractivity contribution in [3.05, 3.63) is 59.2 Å². The van der Waals surface area contributed by atoms with Gasteiger partial charge in [0.2, 0.25) is 0 Å². The fourth-order valence-corrected chi connectivity index (χ4v) is 3.39. The fourth-order valence-electron chi connectivity index (χ4n) is 3.39. The van der Waals surface area contributed by atoms with Gasteiger partial charge in [-0.25, -0.2) is 8.78 Å². The summed E-state index contributed by atoms with van der Waals surface area (Å²) in [6.45, 7) is 2.10. The molecule has 5 nitrogen and oxygen atoms in total. The van der Waals surface area contributed by atoms with Gasteiger partial charge >= 0.3 is 0 Å². The molecule has 0 aliphatic heterocycles. The Hall–Kier alpha value is -2.67. The number of carbonyl (C=O) groups excluding carboxylic acids is 1. The molecule has 0 aliphatic rings. The van der Waals surface area contributed by atoms with Crippen molar-refractivity contribution in [2.45, 2.75) is 64.5 Å². The summed E-state index contributed by atoms with van der Waals surface area (Å²) in [5, 5.41) is 11.8. The molecular formula is C25H33F2NO4. The number of rotatable bonds is 14. The molecule has 0 aromatic heterocycles. The smallest absolute Gasteiger partial charge is 0.261 e. The zero-order valence-corrected chi connectivity index (χ0v) is 18.8. The molecule has 32 heavy (non-hydrogen) atoms. The zero-order valence-electron chi connectivity index (χ0n) is 18.8. The number of aliphatic hydroxyl groups excluding tert-OH is 1. The second-order valence-electron chi connectivity index (χ2n) is 7.72. The Morgan fingerprint density at radius 1 is 1.06 bits per heavy atom. The number of benzene rings is 2. The monoisotopic (exact) mass is 449 g/mol. The lowest BCUT2D eigenvalue weighted by Gasteiger charge is -2.21. The van der Waals surface area contributed by atoms with Crippen LogP contribution >= 0.6 is 0 Å². The van der Waals surface area contributed by atoms with E-state index in [0.717, 1.165) is 49.8 Å². The molecule has 7 heteroatoms. The minimum absolute atomic E-state index is 0.0199. The van der Waals surface area contributed by atoms with Crippen molar-refractivity contribution in [2.24, 2.45) is 0 Å². The summed E-state index contributed by atoms with van der Waals surface area (Å²) in [5.74, 6) is -0.836. The number of ether oxygens (including phenoxy) is 2. The quantitative estimate of drug-likeness (QED) is 0.401. The molecule has 0 fully saturated rings. The lowest BCUT2D eigenvalue weighted by Crippen LogP contribution is -2.38. The summed E-state index contributed by atoms with van der Waals surface area (Å²) in [7, 11) is 1.52. The topological polar surface area (TPSA) is 67.8 Å². The first kappa shape index (κ1) is 25.6. The van der Waals surface area contributed by atoms with Gasteiger partial charge in [-0.1, -0.05) is 44.7 Å². The van der Waals surface area contributed by atoms with E-state index in [0.29, 0.717) is 24.3 Å². The third kappa shape index (κ3) is 8.11. The van der Waals surface area contributed by atoms with Gasteiger partial charge in [0.05, 0.1) is 7.11 Å². The fraction of sp³-hybridized carbons (Fsp3) is 0.480. The molecule has 0 saturated carbocycles. The number of nitrogens with one attached hydrogen (secondary N) is 1. The minimum Gasteiger partial charge on any atom is -0.493 e. The lowest BCUT2D eigenvalue weighted by atomic mass is 10.1. The Morgan fingerprint density at radius 3 is 2.53 bits per heavy atom. The van der Waals surface area contributed by atoms with Crippen molar-refractivity contribution in [3.63, 3.8) is 0 Å². The maximum Gasteiger partial charge on any atom is 0.261 e. The predicted molar refractivity (Wildman–Crippen MR) is 120 cm³/mol. The molecule has 2 aromatic carbocycles. The van der Waals surface area contributed by atoms with Crippen LogP contribution in [-0.2, 0) is 17.8 Å². The summed E-state index contributed by atoms with van der Waals surface area (Å²) in [6, 6.07) is 8.58. The van der Waals surface area contributed by atoms with E-state index in [-0.39, 0.29) is 24.6 Å². The molecule has 0 heterocycles. The summed E-state index contributed by atoms with van der Waals surface area (Å²) in [6.07, 6.45) is 5.36. The number of amides is 1. The Morgan fingerprint density at radius 2 is 1.84 bits per heavy atom. The molecular weight excluding hydrogens is 416 g/mol. The van der Waals surface area contributed by atoms with Crippen molar-refractivity contribution in [1.29, 1.82) is 0 Å². The van der Waals surface area contributed by atoms with E-state index in [4.69, 9.17) is 14.6 Å². The van der Waals surface area contributed by atoms with Crippen LogP contribution in [0.25, 0.3) is 0 Å². The first-order valence-electron chi connectivity index (χ1n) is 11.1. The molecule has 2 aromatic rings. The van der Waals surface area contributed by atoms with Gasteiger partial charge in [0, 0.05) is 24.8 Å². The molecule has 0 radical (unpaired) electrons. The molecule has 2 N–H and O–H groups in total. The third-order valence-electron chi connectivity index (χ3n) is 5.23. The van der Waals surface area contributed by atoms with Crippen molar-refractivity contribution >= 4 is 5.91 Å². The Balaban J connectivity index is 2.09. The number of aliphatic hydroxyl groups is 1. The SMILES string of the molecule is CCCCCCCC(Oc1ccc(CCO)cc1OC)C(=O)NCc1ccc(F)cc1F. The molecule has 0 saturated heterocycles. The van der Waals surface area contributed by atoms with Gasteiger partial charge in [-0.3, -0.25) is 4.79 Å². The van der Waals surface area contributed by atoms with Gasteiger partial charge in [0.15, 0.2) is 17.6 Å². The summed E-state index contributed by atoms with van der Waals surface area (Å²) in [4.78, 5) is 12.9. The third-order valence-corrected chi connectivity index (χ3v) is 5.23. The van der Waals surface area contributed by atoms with Gasteiger partial charge in [0.1, 0.15) is 11.6 Å². The highest BCUT2D eigenvalue weighted by Gasteiger charge is 2.22. The van der Waals surface area contributed by atoms with Crippen LogP contribution in [0.1, 0.15) is 56.6 Å². The number of methoxy groups -OCH3 is 1. The van der Waals surface area contributed by atoms with E-state index in [9.17, 15) is 13.6 Å². The van der Waals surface area contributed by atoms with Crippen LogP contribution in [-0.4, -0.2) is 30.8 Å². The van der Waals surface area contributed by atoms with Gasteiger partial charge in [0.25, 0.3) is 5.91 Å². The summed E-state index contributed by atoms with van der Waals surface area (Å²) >= 11 is 0. The number of unbranched alkanes of at least 4 members (excludes halogenated alkanes) is 4. The second-order valence-corrected chi connectivity index (χ2v) is 7.72. The number of carbonyl (C=O) groups is 1. The molecule has 1 amide bonds. The van der Waals surface area contributed by atoms with Crippen LogP contribution < -0.4 is 14.8 Å². The number of halogens is 2. The Labute approximate surface area is 188 Å². The highest BCUT2D eigenvalue weighted by atomic mass is 19.1. The van der Waals surface area contributed by atoms with Crippen LogP contribution in [0.4, 0.5) is 8.78 Å². The van der Waals surface area contributed by atoms with Crippen LogP contribution in [0.2, 0.25) is 0 Å². The van der Waals surface area contributed by atoms with Crippen molar-refractivity contribution in [2.75, 3.05) is 13.7 Å². The molecule has 0 bridgehead atoms. The molecule has 0 aliphatic carbocycles. The maximum absolute atomic E-state index is 13.9. The van der Waals surface area contributed by atoms with Gasteiger partial charge in [-0.2, -0.15) is 0 Å².